The molecule has 0 saturated heterocycles. The summed E-state index contributed by atoms with van der Waals surface area (Å²) in [6.45, 7) is 0.0719. The monoisotopic (exact) mass is 520 g/mol. The van der Waals surface area contributed by atoms with Crippen molar-refractivity contribution in [2.45, 2.75) is 50.9 Å². The number of carbonyl (C=O) groups is 2. The van der Waals surface area contributed by atoms with Gasteiger partial charge >= 0.3 is 0 Å². The Morgan fingerprint density at radius 2 is 2.00 bits per heavy atom. The molecule has 3 heterocycles. The maximum Gasteiger partial charge on any atom is 0.250 e. The zero-order valence-electron chi connectivity index (χ0n) is 20.4. The van der Waals surface area contributed by atoms with Crippen LogP contribution in [0.2, 0.25) is 0 Å². The van der Waals surface area contributed by atoms with Crippen LogP contribution >= 0.6 is 11.3 Å². The number of hydrogen-bond acceptors (Lipinski definition) is 8. The molecule has 0 bridgehead atoms. The topological polar surface area (TPSA) is 115 Å². The number of nitrogens with one attached hydrogen (secondary N) is 1. The quantitative estimate of drug-likeness (QED) is 0.338. The molecule has 3 aromatic heterocycles. The summed E-state index contributed by atoms with van der Waals surface area (Å²) in [5, 5.41) is 17.6. The highest BCUT2D eigenvalue weighted by Gasteiger charge is 2.35. The van der Waals surface area contributed by atoms with Crippen molar-refractivity contribution < 1.29 is 18.7 Å². The molecule has 1 saturated carbocycles. The number of benzene rings is 1. The molecule has 192 valence electrons. The first-order valence-electron chi connectivity index (χ1n) is 12.2. The Balaban J connectivity index is 1.39. The predicted molar refractivity (Wildman–Crippen MR) is 137 cm³/mol. The molecule has 1 aliphatic carbocycles. The molecule has 0 unspecified atom stereocenters. The molecular weight excluding hydrogens is 492 g/mol. The van der Waals surface area contributed by atoms with Crippen LogP contribution in [0, 0.1) is 0 Å². The summed E-state index contributed by atoms with van der Waals surface area (Å²) in [6.07, 6.45) is 5.56. The van der Waals surface area contributed by atoms with Crippen molar-refractivity contribution in [3.05, 3.63) is 70.8 Å². The van der Waals surface area contributed by atoms with Crippen LogP contribution in [0.4, 0.5) is 0 Å². The van der Waals surface area contributed by atoms with E-state index in [-0.39, 0.29) is 30.9 Å². The van der Waals surface area contributed by atoms with E-state index >= 15 is 0 Å². The molecule has 5 rings (SSSR count). The second kappa shape index (κ2) is 11.4. The standard InChI is InChI=1S/C26H28N6O4S/c1-35-20-12-10-18(11-13-20)25-28-30-32(29-25)17-23(33)31(16-21-8-5-15-37-21)24(22-9-4-14-36-22)26(34)27-19-6-2-3-7-19/h4-5,8-15,19,24H,2-3,6-7,16-17H2,1H3,(H,27,34)/t24-/m1/s1. The van der Waals surface area contributed by atoms with Crippen LogP contribution in [0.1, 0.15) is 42.4 Å². The van der Waals surface area contributed by atoms with Crippen LogP contribution in [-0.4, -0.2) is 50.1 Å². The molecule has 37 heavy (non-hydrogen) atoms. The minimum absolute atomic E-state index is 0.104. The van der Waals surface area contributed by atoms with Crippen molar-refractivity contribution in [2.24, 2.45) is 0 Å². The van der Waals surface area contributed by atoms with Gasteiger partial charge in [0, 0.05) is 16.5 Å². The van der Waals surface area contributed by atoms with E-state index in [9.17, 15) is 9.59 Å². The Labute approximate surface area is 218 Å². The number of nitrogens with zero attached hydrogens (tertiary/aromatic N) is 5. The van der Waals surface area contributed by atoms with Crippen molar-refractivity contribution in [1.29, 1.82) is 0 Å². The van der Waals surface area contributed by atoms with E-state index in [1.807, 2.05) is 29.6 Å². The minimum Gasteiger partial charge on any atom is -0.497 e. The highest BCUT2D eigenvalue weighted by molar-refractivity contribution is 7.09. The van der Waals surface area contributed by atoms with Gasteiger partial charge in [0.1, 0.15) is 18.1 Å². The highest BCUT2D eigenvalue weighted by Crippen LogP contribution is 2.27. The number of hydrogen-bond donors (Lipinski definition) is 1. The first kappa shape index (κ1) is 24.7. The van der Waals surface area contributed by atoms with E-state index in [2.05, 4.69) is 20.7 Å². The van der Waals surface area contributed by atoms with Crippen molar-refractivity contribution >= 4 is 23.2 Å². The number of tetrazole rings is 1. The van der Waals surface area contributed by atoms with Gasteiger partial charge in [0.25, 0.3) is 5.91 Å². The van der Waals surface area contributed by atoms with Gasteiger partial charge in [-0.2, -0.15) is 4.80 Å². The molecule has 1 N–H and O–H groups in total. The molecule has 10 nitrogen and oxygen atoms in total. The third kappa shape index (κ3) is 5.88. The molecule has 0 aliphatic heterocycles. The number of furan rings is 1. The minimum atomic E-state index is -0.921. The first-order chi connectivity index (χ1) is 18.1. The van der Waals surface area contributed by atoms with Crippen LogP contribution in [-0.2, 0) is 22.7 Å². The lowest BCUT2D eigenvalue weighted by molar-refractivity contribution is -0.143. The number of thiophene rings is 1. The fourth-order valence-electron chi connectivity index (χ4n) is 4.49. The molecule has 1 aromatic carbocycles. The Bertz CT molecular complexity index is 1300. The largest absolute Gasteiger partial charge is 0.497 e. The van der Waals surface area contributed by atoms with Crippen molar-refractivity contribution in [2.75, 3.05) is 7.11 Å². The second-order valence-electron chi connectivity index (χ2n) is 8.88. The van der Waals surface area contributed by atoms with Gasteiger partial charge in [-0.25, -0.2) is 0 Å². The smallest absolute Gasteiger partial charge is 0.250 e. The van der Waals surface area contributed by atoms with E-state index < -0.39 is 6.04 Å². The summed E-state index contributed by atoms with van der Waals surface area (Å²) < 4.78 is 10.8. The van der Waals surface area contributed by atoms with E-state index in [1.54, 1.807) is 31.4 Å². The number of methoxy groups -OCH3 is 1. The molecule has 1 fully saturated rings. The fourth-order valence-corrected chi connectivity index (χ4v) is 5.20. The number of aromatic nitrogens is 4. The Morgan fingerprint density at radius 1 is 1.19 bits per heavy atom. The Hall–Kier alpha value is -3.99. The second-order valence-corrected chi connectivity index (χ2v) is 9.91. The lowest BCUT2D eigenvalue weighted by Crippen LogP contribution is -2.46. The summed E-state index contributed by atoms with van der Waals surface area (Å²) in [4.78, 5) is 31.0. The van der Waals surface area contributed by atoms with E-state index in [0.717, 1.165) is 41.9 Å². The van der Waals surface area contributed by atoms with Crippen LogP contribution < -0.4 is 10.1 Å². The van der Waals surface area contributed by atoms with Crippen LogP contribution in [0.5, 0.6) is 5.75 Å². The van der Waals surface area contributed by atoms with Gasteiger partial charge < -0.3 is 19.4 Å². The number of amides is 2. The number of ether oxygens (including phenoxy) is 1. The lowest BCUT2D eigenvalue weighted by Gasteiger charge is -2.30. The zero-order chi connectivity index (χ0) is 25.6. The third-order valence-corrected chi connectivity index (χ3v) is 7.24. The molecule has 4 aromatic rings. The number of carbonyl (C=O) groups excluding carboxylic acids is 2. The van der Waals surface area contributed by atoms with Gasteiger partial charge in [0.15, 0.2) is 6.04 Å². The zero-order valence-corrected chi connectivity index (χ0v) is 21.3. The highest BCUT2D eigenvalue weighted by atomic mass is 32.1. The van der Waals surface area contributed by atoms with Crippen molar-refractivity contribution in [1.82, 2.24) is 30.4 Å². The van der Waals surface area contributed by atoms with Crippen LogP contribution in [0.15, 0.2) is 64.6 Å². The average molecular weight is 521 g/mol. The lowest BCUT2D eigenvalue weighted by atomic mass is 10.1. The summed E-state index contributed by atoms with van der Waals surface area (Å²) in [5.41, 5.74) is 0.749. The number of rotatable bonds is 10. The summed E-state index contributed by atoms with van der Waals surface area (Å²) in [7, 11) is 1.60. The molecule has 1 aliphatic rings. The summed E-state index contributed by atoms with van der Waals surface area (Å²) in [6, 6.07) is 13.8. The summed E-state index contributed by atoms with van der Waals surface area (Å²) in [5.74, 6) is 0.940. The predicted octanol–water partition coefficient (Wildman–Crippen LogP) is 3.83. The molecule has 0 radical (unpaired) electrons. The maximum absolute atomic E-state index is 13.7. The van der Waals surface area contributed by atoms with Gasteiger partial charge in [-0.05, 0) is 65.9 Å². The summed E-state index contributed by atoms with van der Waals surface area (Å²) >= 11 is 1.52. The van der Waals surface area contributed by atoms with E-state index in [1.165, 1.54) is 27.3 Å². The Morgan fingerprint density at radius 3 is 2.68 bits per heavy atom. The van der Waals surface area contributed by atoms with Gasteiger partial charge in [0.2, 0.25) is 11.7 Å². The van der Waals surface area contributed by atoms with Gasteiger partial charge in [0.05, 0.1) is 19.9 Å². The molecule has 11 heteroatoms. The van der Waals surface area contributed by atoms with Crippen LogP contribution in [0.3, 0.4) is 0 Å². The molecule has 1 atom stereocenters. The van der Waals surface area contributed by atoms with Gasteiger partial charge in [-0.1, -0.05) is 18.9 Å². The van der Waals surface area contributed by atoms with E-state index in [4.69, 9.17) is 9.15 Å². The van der Waals surface area contributed by atoms with Crippen molar-refractivity contribution in [3.8, 4) is 17.1 Å². The maximum atomic E-state index is 13.7. The molecule has 2 amide bonds. The first-order valence-corrected chi connectivity index (χ1v) is 13.1. The van der Waals surface area contributed by atoms with Gasteiger partial charge in [-0.3, -0.25) is 9.59 Å². The molecule has 0 spiro atoms. The van der Waals surface area contributed by atoms with Gasteiger partial charge in [-0.15, -0.1) is 21.5 Å². The fraction of sp³-hybridized carbons (Fsp3) is 0.346. The van der Waals surface area contributed by atoms with E-state index in [0.29, 0.717) is 11.6 Å². The SMILES string of the molecule is COc1ccc(-c2nnn(CC(=O)N(Cc3cccs3)[C@@H](C(=O)NC3CCCC3)c3ccco3)n2)cc1. The van der Waals surface area contributed by atoms with Crippen molar-refractivity contribution in [3.63, 3.8) is 0 Å². The normalized spacial score (nSPS) is 14.4. The molecular formula is C26H28N6O4S. The third-order valence-electron chi connectivity index (χ3n) is 6.38. The average Bonchev–Trinajstić information content (AvgIpc) is 3.73. The van der Waals surface area contributed by atoms with Crippen LogP contribution in [0.25, 0.3) is 11.4 Å². The Kier molecular flexibility index (Phi) is 7.59.